The van der Waals surface area contributed by atoms with Gasteiger partial charge in [-0.15, -0.1) is 0 Å². The van der Waals surface area contributed by atoms with Crippen LogP contribution in [0.25, 0.3) is 0 Å². The molecule has 2 saturated heterocycles. The first-order valence-electron chi connectivity index (χ1n) is 13.2. The molecule has 4 aliphatic heterocycles. The van der Waals surface area contributed by atoms with Crippen LogP contribution < -0.4 is 0 Å². The normalized spacial score (nSPS) is 44.9. The Morgan fingerprint density at radius 2 is 1.47 bits per heavy atom. The summed E-state index contributed by atoms with van der Waals surface area (Å²) in [5, 5.41) is 0. The van der Waals surface area contributed by atoms with Crippen LogP contribution in [0.3, 0.4) is 0 Å². The van der Waals surface area contributed by atoms with E-state index in [-0.39, 0.29) is 0 Å². The van der Waals surface area contributed by atoms with Gasteiger partial charge in [0.1, 0.15) is 0 Å². The summed E-state index contributed by atoms with van der Waals surface area (Å²) in [5.41, 5.74) is 2.21. The summed E-state index contributed by atoms with van der Waals surface area (Å²) in [6, 6.07) is 0.685. The van der Waals surface area contributed by atoms with E-state index in [0.29, 0.717) is 11.5 Å². The molecular formula is C30H42N2. The third-order valence-corrected chi connectivity index (χ3v) is 8.68. The molecule has 5 aliphatic rings. The van der Waals surface area contributed by atoms with Crippen LogP contribution in [0.4, 0.5) is 0 Å². The smallest absolute Gasteiger partial charge is 0.0314 e. The number of hydrogen-bond donors (Lipinski definition) is 0. The van der Waals surface area contributed by atoms with Gasteiger partial charge >= 0.3 is 0 Å². The Balaban J connectivity index is 1.45. The lowest BCUT2D eigenvalue weighted by Crippen LogP contribution is -2.65. The van der Waals surface area contributed by atoms with Crippen molar-refractivity contribution in [3.8, 4) is 0 Å². The highest BCUT2D eigenvalue weighted by Crippen LogP contribution is 2.55. The molecule has 2 heteroatoms. The third-order valence-electron chi connectivity index (χ3n) is 8.68. The zero-order chi connectivity index (χ0) is 21.6. The fourth-order valence-corrected chi connectivity index (χ4v) is 7.26. The molecule has 1 spiro atoms. The maximum Gasteiger partial charge on any atom is 0.0314 e. The van der Waals surface area contributed by atoms with Crippen LogP contribution in [0.1, 0.15) is 57.8 Å². The Hall–Kier alpha value is -1.64. The van der Waals surface area contributed by atoms with Crippen molar-refractivity contribution in [3.05, 3.63) is 72.4 Å². The topological polar surface area (TPSA) is 6.48 Å². The first-order chi connectivity index (χ1) is 15.8. The fraction of sp³-hybridized carbons (Fsp3) is 0.600. The van der Waals surface area contributed by atoms with Gasteiger partial charge in [0, 0.05) is 38.8 Å². The second-order valence-corrected chi connectivity index (χ2v) is 10.8. The van der Waals surface area contributed by atoms with Crippen LogP contribution >= 0.6 is 0 Å². The van der Waals surface area contributed by atoms with E-state index in [1.807, 2.05) is 0 Å². The Labute approximate surface area is 196 Å². The van der Waals surface area contributed by atoms with Crippen LogP contribution in [-0.2, 0) is 0 Å². The minimum Gasteiger partial charge on any atom is -0.302 e. The van der Waals surface area contributed by atoms with Crippen molar-refractivity contribution in [3.63, 3.8) is 0 Å². The van der Waals surface area contributed by atoms with Crippen LogP contribution in [0.5, 0.6) is 0 Å². The molecule has 0 aromatic rings. The first-order valence-corrected chi connectivity index (χ1v) is 13.2. The molecular weight excluding hydrogens is 388 g/mol. The molecule has 0 radical (unpaired) electrons. The van der Waals surface area contributed by atoms with E-state index < -0.39 is 0 Å². The van der Waals surface area contributed by atoms with Gasteiger partial charge in [-0.3, -0.25) is 4.90 Å². The molecule has 0 amide bonds. The standard InChI is InChI=1S/C30H42N2/c1-2-4-7-11-15-19-31-23-27-21-26-17-13-9-5-8-12-16-20-32-25-30(24-31,18-14-10-6-3-1)28(27)22-29(26)32/h1-2,5-7,9-12,16-17,27-29H,3-4,8,13-15,18-25H2/b2-1-,9-5-,10-6-,11-7-,16-12-,26-17-. The van der Waals surface area contributed by atoms with E-state index in [0.717, 1.165) is 44.1 Å². The summed E-state index contributed by atoms with van der Waals surface area (Å²) in [6.45, 7) is 6.26. The van der Waals surface area contributed by atoms with E-state index in [2.05, 4.69) is 76.6 Å². The predicted octanol–water partition coefficient (Wildman–Crippen LogP) is 6.46. The highest BCUT2D eigenvalue weighted by atomic mass is 15.2. The summed E-state index contributed by atoms with van der Waals surface area (Å²) in [7, 11) is 0. The maximum absolute atomic E-state index is 2.87. The zero-order valence-corrected chi connectivity index (χ0v) is 19.9. The first kappa shape index (κ1) is 22.2. The Bertz CT molecular complexity index is 813. The molecule has 1 saturated carbocycles. The van der Waals surface area contributed by atoms with Gasteiger partial charge in [0.05, 0.1) is 0 Å². The lowest BCUT2D eigenvalue weighted by molar-refractivity contribution is -0.104. The van der Waals surface area contributed by atoms with Gasteiger partial charge in [0.2, 0.25) is 0 Å². The quantitative estimate of drug-likeness (QED) is 0.407. The molecule has 0 aromatic heterocycles. The van der Waals surface area contributed by atoms with Crippen LogP contribution in [0.15, 0.2) is 72.4 Å². The summed E-state index contributed by atoms with van der Waals surface area (Å²) in [5.74, 6) is 1.75. The van der Waals surface area contributed by atoms with Gasteiger partial charge in [-0.1, -0.05) is 72.4 Å². The molecule has 0 aromatic carbocycles. The Kier molecular flexibility index (Phi) is 7.29. The van der Waals surface area contributed by atoms with Crippen molar-refractivity contribution in [2.45, 2.75) is 63.8 Å². The summed E-state index contributed by atoms with van der Waals surface area (Å²) in [6.07, 6.45) is 37.3. The van der Waals surface area contributed by atoms with E-state index in [9.17, 15) is 0 Å². The number of hydrogen-bond acceptors (Lipinski definition) is 2. The lowest BCUT2D eigenvalue weighted by atomic mass is 9.54. The van der Waals surface area contributed by atoms with Gasteiger partial charge in [-0.25, -0.2) is 0 Å². The molecule has 4 bridgehead atoms. The monoisotopic (exact) mass is 430 g/mol. The zero-order valence-electron chi connectivity index (χ0n) is 19.9. The fourth-order valence-electron chi connectivity index (χ4n) is 7.26. The van der Waals surface area contributed by atoms with Crippen molar-refractivity contribution >= 4 is 0 Å². The molecule has 172 valence electrons. The number of nitrogens with zero attached hydrogens (tertiary/aromatic N) is 2. The van der Waals surface area contributed by atoms with Crippen molar-refractivity contribution in [2.75, 3.05) is 32.7 Å². The van der Waals surface area contributed by atoms with Gasteiger partial charge in [0.25, 0.3) is 0 Å². The minimum atomic E-state index is 0.460. The number of piperidine rings is 2. The van der Waals surface area contributed by atoms with Crippen LogP contribution in [0, 0.1) is 17.3 Å². The van der Waals surface area contributed by atoms with Gasteiger partial charge in [0.15, 0.2) is 0 Å². The summed E-state index contributed by atoms with van der Waals surface area (Å²) in [4.78, 5) is 5.71. The lowest BCUT2D eigenvalue weighted by Gasteiger charge is -2.62. The largest absolute Gasteiger partial charge is 0.302 e. The molecule has 32 heavy (non-hydrogen) atoms. The van der Waals surface area contributed by atoms with Crippen molar-refractivity contribution < 1.29 is 0 Å². The van der Waals surface area contributed by atoms with Crippen LogP contribution in [0.2, 0.25) is 0 Å². The average Bonchev–Trinajstić information content (AvgIpc) is 2.84. The maximum atomic E-state index is 2.87. The Morgan fingerprint density at radius 3 is 2.31 bits per heavy atom. The summed E-state index contributed by atoms with van der Waals surface area (Å²) >= 11 is 0. The van der Waals surface area contributed by atoms with Crippen molar-refractivity contribution in [1.29, 1.82) is 0 Å². The Morgan fingerprint density at radius 1 is 0.750 bits per heavy atom. The second-order valence-electron chi connectivity index (χ2n) is 10.8. The average molecular weight is 431 g/mol. The predicted molar refractivity (Wildman–Crippen MR) is 137 cm³/mol. The van der Waals surface area contributed by atoms with E-state index in [1.54, 1.807) is 5.57 Å². The molecule has 3 fully saturated rings. The van der Waals surface area contributed by atoms with Gasteiger partial charge in [-0.2, -0.15) is 0 Å². The minimum absolute atomic E-state index is 0.460. The highest BCUT2D eigenvalue weighted by molar-refractivity contribution is 5.24. The molecule has 5 atom stereocenters. The number of rotatable bonds is 0. The SMILES string of the molecule is C1=C\C/C=C\CCC23CN(CC/C=C\C/1)CC1C/C4=C/C/C=C\C/C=C\CN(C2)C4CC13. The molecule has 4 heterocycles. The summed E-state index contributed by atoms with van der Waals surface area (Å²) < 4.78 is 0. The number of fused-ring (bicyclic) bond motifs is 1. The third kappa shape index (κ3) is 4.97. The van der Waals surface area contributed by atoms with E-state index in [4.69, 9.17) is 0 Å². The molecule has 1 aliphatic carbocycles. The highest BCUT2D eigenvalue weighted by Gasteiger charge is 2.55. The second kappa shape index (κ2) is 10.5. The molecule has 5 unspecified atom stereocenters. The van der Waals surface area contributed by atoms with Crippen LogP contribution in [-0.4, -0.2) is 48.6 Å². The van der Waals surface area contributed by atoms with Gasteiger partial charge in [-0.05, 0) is 75.0 Å². The van der Waals surface area contributed by atoms with Crippen molar-refractivity contribution in [1.82, 2.24) is 9.80 Å². The van der Waals surface area contributed by atoms with E-state index in [1.165, 1.54) is 58.3 Å². The number of allylic oxidation sites excluding steroid dienone is 9. The molecule has 0 N–H and O–H groups in total. The molecule has 5 rings (SSSR count). The van der Waals surface area contributed by atoms with Gasteiger partial charge < -0.3 is 4.90 Å². The van der Waals surface area contributed by atoms with Crippen molar-refractivity contribution in [2.24, 2.45) is 17.3 Å². The van der Waals surface area contributed by atoms with E-state index >= 15 is 0 Å². The molecule has 2 nitrogen and oxygen atoms in total.